The van der Waals surface area contributed by atoms with Crippen LogP contribution in [-0.4, -0.2) is 41.3 Å². The maximum atomic E-state index is 13.7. The lowest BCUT2D eigenvalue weighted by Gasteiger charge is -2.11. The number of thiophene rings is 1. The first-order valence-corrected chi connectivity index (χ1v) is 12.0. The molecule has 39 heavy (non-hydrogen) atoms. The van der Waals surface area contributed by atoms with Crippen molar-refractivity contribution >= 4 is 44.7 Å². The van der Waals surface area contributed by atoms with Gasteiger partial charge < -0.3 is 11.1 Å². The highest BCUT2D eigenvalue weighted by atomic mass is 32.1. The van der Waals surface area contributed by atoms with E-state index in [9.17, 15) is 37.3 Å². The second-order valence-corrected chi connectivity index (χ2v) is 9.31. The van der Waals surface area contributed by atoms with Crippen LogP contribution >= 0.6 is 11.3 Å². The van der Waals surface area contributed by atoms with Gasteiger partial charge in [-0.2, -0.15) is 10.2 Å². The molecule has 0 saturated carbocycles. The summed E-state index contributed by atoms with van der Waals surface area (Å²) in [6.45, 7) is 4.38. The Morgan fingerprint density at radius 1 is 1.18 bits per heavy atom. The Morgan fingerprint density at radius 2 is 1.87 bits per heavy atom. The van der Waals surface area contributed by atoms with Gasteiger partial charge >= 0.3 is 5.69 Å². The highest BCUT2D eigenvalue weighted by molar-refractivity contribution is 7.21. The zero-order valence-electron chi connectivity index (χ0n) is 20.5. The standard InChI is InChI=1S/C22H20F4N8O4S/c1-4-32-6-11(8(2)30-32)10-5-12(19(23)24)28-22-14(10)15(18(39-22)21(27)36)29-13(35)7-33-9(3)17(34(37)38)16(31-33)20(25)26/h5-6,19-20H,4,7H2,1-3H3,(H2,27,36)(H,29,35). The lowest BCUT2D eigenvalue weighted by atomic mass is 10.0. The number of anilines is 1. The Labute approximate surface area is 220 Å². The van der Waals surface area contributed by atoms with Gasteiger partial charge in [0.15, 0.2) is 0 Å². The normalized spacial score (nSPS) is 11.6. The molecule has 206 valence electrons. The van der Waals surface area contributed by atoms with Crippen LogP contribution in [-0.2, 0) is 17.9 Å². The summed E-state index contributed by atoms with van der Waals surface area (Å²) in [6.07, 6.45) is -4.60. The second kappa shape index (κ2) is 10.4. The van der Waals surface area contributed by atoms with E-state index >= 15 is 0 Å². The van der Waals surface area contributed by atoms with E-state index < -0.39 is 53.2 Å². The van der Waals surface area contributed by atoms with Gasteiger partial charge in [0.05, 0.1) is 16.3 Å². The van der Waals surface area contributed by atoms with E-state index in [1.165, 1.54) is 0 Å². The zero-order valence-corrected chi connectivity index (χ0v) is 21.4. The molecule has 4 aromatic rings. The quantitative estimate of drug-likeness (QED) is 0.170. The number of nitrogens with one attached hydrogen (secondary N) is 1. The van der Waals surface area contributed by atoms with E-state index in [1.54, 1.807) is 17.8 Å². The average Bonchev–Trinajstić information content (AvgIpc) is 3.52. The molecular formula is C22H20F4N8O4S. The molecule has 0 aliphatic heterocycles. The highest BCUT2D eigenvalue weighted by Gasteiger charge is 2.32. The maximum absolute atomic E-state index is 13.7. The van der Waals surface area contributed by atoms with Crippen molar-refractivity contribution in [2.24, 2.45) is 5.73 Å². The van der Waals surface area contributed by atoms with Gasteiger partial charge in [0.1, 0.15) is 27.6 Å². The molecule has 2 amide bonds. The first-order valence-electron chi connectivity index (χ1n) is 11.2. The van der Waals surface area contributed by atoms with Crippen LogP contribution in [0, 0.1) is 24.0 Å². The Morgan fingerprint density at radius 3 is 2.38 bits per heavy atom. The number of halogens is 4. The van der Waals surface area contributed by atoms with Crippen LogP contribution in [0.4, 0.5) is 28.9 Å². The number of carbonyl (C=O) groups excluding carboxylic acids is 2. The predicted molar refractivity (Wildman–Crippen MR) is 132 cm³/mol. The fraction of sp³-hybridized carbons (Fsp3) is 0.318. The number of carbonyl (C=O) groups is 2. The van der Waals surface area contributed by atoms with Crippen LogP contribution in [0.5, 0.6) is 0 Å². The number of pyridine rings is 1. The molecule has 4 aromatic heterocycles. The molecule has 0 atom stereocenters. The van der Waals surface area contributed by atoms with Gasteiger partial charge in [-0.15, -0.1) is 11.3 Å². The number of aryl methyl sites for hydroxylation is 2. The monoisotopic (exact) mass is 568 g/mol. The number of rotatable bonds is 9. The molecule has 4 heterocycles. The van der Waals surface area contributed by atoms with E-state index in [-0.39, 0.29) is 32.0 Å². The summed E-state index contributed by atoms with van der Waals surface area (Å²) in [7, 11) is 0. The summed E-state index contributed by atoms with van der Waals surface area (Å²) in [5.41, 5.74) is 3.62. The summed E-state index contributed by atoms with van der Waals surface area (Å²) >= 11 is 0.685. The number of alkyl halides is 4. The van der Waals surface area contributed by atoms with E-state index in [0.717, 1.165) is 17.7 Å². The summed E-state index contributed by atoms with van der Waals surface area (Å²) in [6, 6.07) is 1.13. The van der Waals surface area contributed by atoms with Gasteiger partial charge in [-0.3, -0.25) is 29.1 Å². The molecule has 0 radical (unpaired) electrons. The molecule has 12 nitrogen and oxygen atoms in total. The number of aromatic nitrogens is 5. The van der Waals surface area contributed by atoms with Crippen molar-refractivity contribution in [3.63, 3.8) is 0 Å². The first-order chi connectivity index (χ1) is 18.3. The molecule has 0 aromatic carbocycles. The molecule has 0 aliphatic rings. The molecule has 3 N–H and O–H groups in total. The third-order valence-corrected chi connectivity index (χ3v) is 6.94. The topological polar surface area (TPSA) is 164 Å². The lowest BCUT2D eigenvalue weighted by molar-refractivity contribution is -0.386. The van der Waals surface area contributed by atoms with Gasteiger partial charge in [0.2, 0.25) is 11.6 Å². The number of amides is 2. The van der Waals surface area contributed by atoms with Gasteiger partial charge in [0, 0.05) is 23.7 Å². The van der Waals surface area contributed by atoms with Gasteiger partial charge in [-0.25, -0.2) is 22.5 Å². The van der Waals surface area contributed by atoms with Crippen LogP contribution in [0.2, 0.25) is 0 Å². The van der Waals surface area contributed by atoms with E-state index in [4.69, 9.17) is 5.73 Å². The number of hydrogen-bond acceptors (Lipinski definition) is 8. The lowest BCUT2D eigenvalue weighted by Crippen LogP contribution is -2.22. The second-order valence-electron chi connectivity index (χ2n) is 8.31. The third-order valence-electron chi connectivity index (χ3n) is 5.84. The number of nitrogens with zero attached hydrogens (tertiary/aromatic N) is 6. The van der Waals surface area contributed by atoms with E-state index in [2.05, 4.69) is 20.5 Å². The number of hydrogen-bond donors (Lipinski definition) is 2. The zero-order chi connectivity index (χ0) is 28.8. The predicted octanol–water partition coefficient (Wildman–Crippen LogP) is 4.51. The van der Waals surface area contributed by atoms with Gasteiger partial charge in [0.25, 0.3) is 18.8 Å². The van der Waals surface area contributed by atoms with Crippen molar-refractivity contribution in [1.82, 2.24) is 24.5 Å². The summed E-state index contributed by atoms with van der Waals surface area (Å²) in [5.74, 6) is -1.88. The van der Waals surface area contributed by atoms with Gasteiger partial charge in [-0.1, -0.05) is 0 Å². The Balaban J connectivity index is 1.86. The van der Waals surface area contributed by atoms with Crippen molar-refractivity contribution < 1.29 is 32.1 Å². The minimum atomic E-state index is -3.26. The maximum Gasteiger partial charge on any atom is 0.319 e. The van der Waals surface area contributed by atoms with Crippen LogP contribution < -0.4 is 11.1 Å². The molecule has 17 heteroatoms. The Kier molecular flexibility index (Phi) is 7.36. The fourth-order valence-corrected chi connectivity index (χ4v) is 5.09. The largest absolute Gasteiger partial charge is 0.365 e. The van der Waals surface area contributed by atoms with Crippen LogP contribution in [0.15, 0.2) is 12.3 Å². The molecule has 4 rings (SSSR count). The SMILES string of the molecule is CCn1cc(-c2cc(C(F)F)nc3sc(C(N)=O)c(NC(=O)Cn4nc(C(F)F)c([N+](=O)[O-])c4C)c23)c(C)n1. The fourth-order valence-electron chi connectivity index (χ4n) is 4.08. The molecule has 0 aliphatic carbocycles. The molecule has 0 fully saturated rings. The summed E-state index contributed by atoms with van der Waals surface area (Å²) < 4.78 is 56.3. The van der Waals surface area contributed by atoms with Crippen LogP contribution in [0.3, 0.4) is 0 Å². The molecule has 0 bridgehead atoms. The summed E-state index contributed by atoms with van der Waals surface area (Å²) in [5, 5.41) is 21.7. The minimum Gasteiger partial charge on any atom is -0.365 e. The number of nitro groups is 1. The molecular weight excluding hydrogens is 548 g/mol. The number of fused-ring (bicyclic) bond motifs is 1. The summed E-state index contributed by atoms with van der Waals surface area (Å²) in [4.78, 5) is 39.3. The first kappa shape index (κ1) is 27.6. The van der Waals surface area contributed by atoms with Crippen LogP contribution in [0.1, 0.15) is 52.2 Å². The smallest absolute Gasteiger partial charge is 0.319 e. The van der Waals surface area contributed by atoms with Crippen LogP contribution in [0.25, 0.3) is 21.3 Å². The third kappa shape index (κ3) is 5.04. The molecule has 0 spiro atoms. The van der Waals surface area contributed by atoms with E-state index in [1.807, 2.05) is 6.92 Å². The van der Waals surface area contributed by atoms with E-state index in [0.29, 0.717) is 29.1 Å². The minimum absolute atomic E-state index is 0.0126. The van der Waals surface area contributed by atoms with Crippen molar-refractivity contribution in [3.05, 3.63) is 50.0 Å². The van der Waals surface area contributed by atoms with Crippen molar-refractivity contribution in [2.75, 3.05) is 5.32 Å². The Bertz CT molecular complexity index is 1630. The van der Waals surface area contributed by atoms with Crippen molar-refractivity contribution in [3.8, 4) is 11.1 Å². The number of nitrogens with two attached hydrogens (primary N) is 1. The highest BCUT2D eigenvalue weighted by Crippen LogP contribution is 2.43. The van der Waals surface area contributed by atoms with Crippen molar-refractivity contribution in [2.45, 2.75) is 46.7 Å². The van der Waals surface area contributed by atoms with Crippen molar-refractivity contribution in [1.29, 1.82) is 0 Å². The number of primary amides is 1. The Hall–Kier alpha value is -4.41. The van der Waals surface area contributed by atoms with Gasteiger partial charge in [-0.05, 0) is 32.4 Å². The molecule has 0 saturated heterocycles. The average molecular weight is 569 g/mol. The molecule has 0 unspecified atom stereocenters.